The minimum Gasteiger partial charge on any atom is -0.497 e. The van der Waals surface area contributed by atoms with Gasteiger partial charge in [0.05, 0.1) is 20.3 Å². The molecule has 0 aromatic heterocycles. The number of methoxy groups -OCH3 is 1. The molecule has 0 N–H and O–H groups in total. The normalized spacial score (nSPS) is 10.3. The molecule has 2 aromatic carbocycles. The average molecular weight is 300 g/mol. The maximum absolute atomic E-state index is 5.81. The largest absolute Gasteiger partial charge is 0.497 e. The summed E-state index contributed by atoms with van der Waals surface area (Å²) in [5.41, 5.74) is 2.45. The first kappa shape index (κ1) is 16.2. The van der Waals surface area contributed by atoms with Crippen molar-refractivity contribution >= 4 is 0 Å². The van der Waals surface area contributed by atoms with Gasteiger partial charge in [-0.05, 0) is 50.5 Å². The predicted octanol–water partition coefficient (Wildman–Crippen LogP) is 4.55. The molecule has 0 unspecified atom stereocenters. The number of ether oxygens (including phenoxy) is 3. The van der Waals surface area contributed by atoms with Gasteiger partial charge in [0.1, 0.15) is 17.2 Å². The summed E-state index contributed by atoms with van der Waals surface area (Å²) in [5.74, 6) is 2.63. The maximum atomic E-state index is 5.81. The number of rotatable bonds is 8. The van der Waals surface area contributed by atoms with Crippen molar-refractivity contribution < 1.29 is 14.2 Å². The van der Waals surface area contributed by atoms with Crippen LogP contribution in [0.2, 0.25) is 0 Å². The molecule has 3 heteroatoms. The number of aryl methyl sites for hydroxylation is 2. The molecular formula is C19H24O3. The van der Waals surface area contributed by atoms with Gasteiger partial charge in [0.2, 0.25) is 0 Å². The quantitative estimate of drug-likeness (QED) is 0.669. The molecule has 0 saturated heterocycles. The fourth-order valence-corrected chi connectivity index (χ4v) is 2.23. The molecule has 0 atom stereocenters. The van der Waals surface area contributed by atoms with Crippen LogP contribution in [0.4, 0.5) is 0 Å². The van der Waals surface area contributed by atoms with Crippen LogP contribution >= 0.6 is 0 Å². The summed E-state index contributed by atoms with van der Waals surface area (Å²) in [6, 6.07) is 13.9. The van der Waals surface area contributed by atoms with E-state index in [1.54, 1.807) is 7.11 Å². The van der Waals surface area contributed by atoms with Gasteiger partial charge < -0.3 is 14.2 Å². The van der Waals surface area contributed by atoms with E-state index in [1.807, 2.05) is 30.3 Å². The van der Waals surface area contributed by atoms with Crippen molar-refractivity contribution in [2.75, 3.05) is 20.3 Å². The highest BCUT2D eigenvalue weighted by molar-refractivity contribution is 5.35. The minimum atomic E-state index is 0.684. The van der Waals surface area contributed by atoms with Gasteiger partial charge in [0.15, 0.2) is 0 Å². The third-order valence-corrected chi connectivity index (χ3v) is 3.44. The van der Waals surface area contributed by atoms with Gasteiger partial charge in [0.25, 0.3) is 0 Å². The summed E-state index contributed by atoms with van der Waals surface area (Å²) in [6.45, 7) is 5.57. The topological polar surface area (TPSA) is 27.7 Å². The molecule has 3 nitrogen and oxygen atoms in total. The van der Waals surface area contributed by atoms with Crippen molar-refractivity contribution in [3.05, 3.63) is 53.6 Å². The maximum Gasteiger partial charge on any atom is 0.122 e. The van der Waals surface area contributed by atoms with Crippen LogP contribution in [0.3, 0.4) is 0 Å². The molecule has 0 saturated carbocycles. The van der Waals surface area contributed by atoms with Gasteiger partial charge in [-0.2, -0.15) is 0 Å². The van der Waals surface area contributed by atoms with Gasteiger partial charge in [-0.1, -0.05) is 23.8 Å². The Morgan fingerprint density at radius 2 is 1.55 bits per heavy atom. The highest BCUT2D eigenvalue weighted by Crippen LogP contribution is 2.20. The molecule has 0 amide bonds. The first-order valence-corrected chi connectivity index (χ1v) is 7.66. The van der Waals surface area contributed by atoms with Crippen LogP contribution in [-0.4, -0.2) is 20.3 Å². The standard InChI is InChI=1S/C19H24O3/c1-15-9-10-19(16(2)13-15)22-12-5-4-11-21-18-8-6-7-17(14-18)20-3/h6-10,13-14H,4-5,11-12H2,1-3H3. The van der Waals surface area contributed by atoms with E-state index in [-0.39, 0.29) is 0 Å². The second kappa shape index (κ2) is 8.32. The zero-order valence-electron chi connectivity index (χ0n) is 13.6. The second-order valence-corrected chi connectivity index (χ2v) is 5.35. The fourth-order valence-electron chi connectivity index (χ4n) is 2.23. The highest BCUT2D eigenvalue weighted by Gasteiger charge is 2.00. The Balaban J connectivity index is 1.65. The molecule has 0 aliphatic heterocycles. The fraction of sp³-hybridized carbons (Fsp3) is 0.368. The Kier molecular flexibility index (Phi) is 6.13. The minimum absolute atomic E-state index is 0.684. The molecule has 2 aromatic rings. The first-order chi connectivity index (χ1) is 10.7. The Labute approximate surface area is 132 Å². The van der Waals surface area contributed by atoms with Crippen molar-refractivity contribution in [1.82, 2.24) is 0 Å². The number of hydrogen-bond donors (Lipinski definition) is 0. The summed E-state index contributed by atoms with van der Waals surface area (Å²) in [4.78, 5) is 0. The van der Waals surface area contributed by atoms with Crippen LogP contribution in [0.1, 0.15) is 24.0 Å². The van der Waals surface area contributed by atoms with Gasteiger partial charge in [-0.15, -0.1) is 0 Å². The summed E-state index contributed by atoms with van der Waals surface area (Å²) in [7, 11) is 1.66. The van der Waals surface area contributed by atoms with Crippen LogP contribution in [0.25, 0.3) is 0 Å². The van der Waals surface area contributed by atoms with Crippen LogP contribution in [0.5, 0.6) is 17.2 Å². The SMILES string of the molecule is COc1cccc(OCCCCOc2ccc(C)cc2C)c1. The molecule has 2 rings (SSSR count). The monoisotopic (exact) mass is 300 g/mol. The lowest BCUT2D eigenvalue weighted by molar-refractivity contribution is 0.265. The molecule has 118 valence electrons. The Bertz CT molecular complexity index is 593. The lowest BCUT2D eigenvalue weighted by Gasteiger charge is -2.10. The molecule has 0 aliphatic rings. The van der Waals surface area contributed by atoms with Gasteiger partial charge >= 0.3 is 0 Å². The molecule has 22 heavy (non-hydrogen) atoms. The van der Waals surface area contributed by atoms with Crippen LogP contribution in [-0.2, 0) is 0 Å². The van der Waals surface area contributed by atoms with E-state index in [1.165, 1.54) is 11.1 Å². The molecular weight excluding hydrogens is 276 g/mol. The molecule has 0 spiro atoms. The Morgan fingerprint density at radius 3 is 2.27 bits per heavy atom. The van der Waals surface area contributed by atoms with E-state index in [0.29, 0.717) is 13.2 Å². The van der Waals surface area contributed by atoms with Gasteiger partial charge in [-0.25, -0.2) is 0 Å². The third-order valence-electron chi connectivity index (χ3n) is 3.44. The van der Waals surface area contributed by atoms with E-state index in [4.69, 9.17) is 14.2 Å². The lowest BCUT2D eigenvalue weighted by Crippen LogP contribution is -2.03. The van der Waals surface area contributed by atoms with Crippen LogP contribution in [0, 0.1) is 13.8 Å². The zero-order valence-corrected chi connectivity index (χ0v) is 13.6. The summed E-state index contributed by atoms with van der Waals surface area (Å²) in [6.07, 6.45) is 1.93. The second-order valence-electron chi connectivity index (χ2n) is 5.35. The van der Waals surface area contributed by atoms with Crippen molar-refractivity contribution in [3.8, 4) is 17.2 Å². The number of hydrogen-bond acceptors (Lipinski definition) is 3. The zero-order chi connectivity index (χ0) is 15.8. The number of benzene rings is 2. The van der Waals surface area contributed by atoms with E-state index in [0.717, 1.165) is 30.1 Å². The van der Waals surface area contributed by atoms with Crippen molar-refractivity contribution in [2.45, 2.75) is 26.7 Å². The smallest absolute Gasteiger partial charge is 0.122 e. The van der Waals surface area contributed by atoms with E-state index in [9.17, 15) is 0 Å². The van der Waals surface area contributed by atoms with E-state index >= 15 is 0 Å². The summed E-state index contributed by atoms with van der Waals surface area (Å²) < 4.78 is 16.7. The van der Waals surface area contributed by atoms with E-state index in [2.05, 4.69) is 26.0 Å². The molecule has 0 radical (unpaired) electrons. The average Bonchev–Trinajstić information content (AvgIpc) is 2.52. The molecule has 0 bridgehead atoms. The van der Waals surface area contributed by atoms with Crippen LogP contribution < -0.4 is 14.2 Å². The highest BCUT2D eigenvalue weighted by atomic mass is 16.5. The predicted molar refractivity (Wildman–Crippen MR) is 89.1 cm³/mol. The molecule has 0 aliphatic carbocycles. The number of unbranched alkanes of at least 4 members (excludes halogenated alkanes) is 1. The van der Waals surface area contributed by atoms with Crippen molar-refractivity contribution in [3.63, 3.8) is 0 Å². The van der Waals surface area contributed by atoms with Gasteiger partial charge in [-0.3, -0.25) is 0 Å². The first-order valence-electron chi connectivity index (χ1n) is 7.66. The van der Waals surface area contributed by atoms with E-state index < -0.39 is 0 Å². The van der Waals surface area contributed by atoms with Crippen molar-refractivity contribution in [2.24, 2.45) is 0 Å². The molecule has 0 heterocycles. The third kappa shape index (κ3) is 4.99. The Morgan fingerprint density at radius 1 is 0.818 bits per heavy atom. The van der Waals surface area contributed by atoms with Crippen LogP contribution in [0.15, 0.2) is 42.5 Å². The van der Waals surface area contributed by atoms with Gasteiger partial charge in [0, 0.05) is 6.07 Å². The Hall–Kier alpha value is -2.16. The molecule has 0 fully saturated rings. The van der Waals surface area contributed by atoms with Crippen molar-refractivity contribution in [1.29, 1.82) is 0 Å². The summed E-state index contributed by atoms with van der Waals surface area (Å²) >= 11 is 0. The lowest BCUT2D eigenvalue weighted by atomic mass is 10.1. The summed E-state index contributed by atoms with van der Waals surface area (Å²) in [5, 5.41) is 0.